The highest BCUT2D eigenvalue weighted by atomic mass is 28.4. The maximum absolute atomic E-state index is 10.2. The van der Waals surface area contributed by atoms with Crippen LogP contribution in [0.2, 0.25) is 19.6 Å². The van der Waals surface area contributed by atoms with E-state index in [1.807, 2.05) is 0 Å². The molecule has 0 aromatic carbocycles. The zero-order chi connectivity index (χ0) is 10.6. The Morgan fingerprint density at radius 3 is 2.57 bits per heavy atom. The summed E-state index contributed by atoms with van der Waals surface area (Å²) in [5, 5.41) is 10.2. The lowest BCUT2D eigenvalue weighted by molar-refractivity contribution is -0.00530. The van der Waals surface area contributed by atoms with Gasteiger partial charge < -0.3 is 9.53 Å². The van der Waals surface area contributed by atoms with Crippen LogP contribution in [0.5, 0.6) is 0 Å². The molecule has 0 heterocycles. The van der Waals surface area contributed by atoms with Crippen LogP contribution in [0.15, 0.2) is 0 Å². The van der Waals surface area contributed by atoms with Gasteiger partial charge in [-0.25, -0.2) is 0 Å². The summed E-state index contributed by atoms with van der Waals surface area (Å²) in [7, 11) is -1.45. The van der Waals surface area contributed by atoms with Crippen LogP contribution in [0.25, 0.3) is 0 Å². The number of rotatable bonds is 2. The Hall–Kier alpha value is 0.137. The van der Waals surface area contributed by atoms with Crippen molar-refractivity contribution in [3.63, 3.8) is 0 Å². The Morgan fingerprint density at radius 1 is 1.36 bits per heavy atom. The van der Waals surface area contributed by atoms with E-state index in [1.54, 1.807) is 0 Å². The number of aliphatic hydroxyl groups is 1. The predicted molar refractivity (Wildman–Crippen MR) is 59.7 cm³/mol. The fourth-order valence-corrected chi connectivity index (χ4v) is 4.10. The van der Waals surface area contributed by atoms with Gasteiger partial charge in [0, 0.05) is 5.41 Å². The van der Waals surface area contributed by atoms with Gasteiger partial charge in [0.15, 0.2) is 8.32 Å². The molecular weight excluding hydrogens is 192 g/mol. The van der Waals surface area contributed by atoms with Crippen molar-refractivity contribution in [3.8, 4) is 0 Å². The minimum Gasteiger partial charge on any atom is -0.414 e. The molecule has 2 aliphatic rings. The van der Waals surface area contributed by atoms with Gasteiger partial charge in [0.05, 0.1) is 11.7 Å². The van der Waals surface area contributed by atoms with E-state index < -0.39 is 8.32 Å². The van der Waals surface area contributed by atoms with Gasteiger partial charge in [-0.15, -0.1) is 0 Å². The van der Waals surface area contributed by atoms with E-state index in [2.05, 4.69) is 26.6 Å². The van der Waals surface area contributed by atoms with Crippen LogP contribution >= 0.6 is 0 Å². The van der Waals surface area contributed by atoms with E-state index in [1.165, 1.54) is 0 Å². The van der Waals surface area contributed by atoms with Crippen LogP contribution in [0.4, 0.5) is 0 Å². The van der Waals surface area contributed by atoms with Crippen LogP contribution in [0.1, 0.15) is 32.6 Å². The summed E-state index contributed by atoms with van der Waals surface area (Å²) in [5.74, 6) is 0. The summed E-state index contributed by atoms with van der Waals surface area (Å²) >= 11 is 0. The highest BCUT2D eigenvalue weighted by molar-refractivity contribution is 6.69. The third kappa shape index (κ3) is 1.55. The molecule has 2 aliphatic carbocycles. The Balaban J connectivity index is 2.07. The fraction of sp³-hybridized carbons (Fsp3) is 1.00. The second-order valence-electron chi connectivity index (χ2n) is 6.24. The molecule has 2 nitrogen and oxygen atoms in total. The quantitative estimate of drug-likeness (QED) is 0.716. The molecule has 2 fully saturated rings. The molecule has 82 valence electrons. The van der Waals surface area contributed by atoms with Crippen LogP contribution in [-0.4, -0.2) is 25.1 Å². The average Bonchev–Trinajstić information content (AvgIpc) is 2.52. The molecule has 0 saturated heterocycles. The normalized spacial score (nSPS) is 47.4. The molecule has 2 saturated carbocycles. The highest BCUT2D eigenvalue weighted by Gasteiger charge is 2.69. The first-order valence-electron chi connectivity index (χ1n) is 5.67. The number of hydrogen-bond donors (Lipinski definition) is 1. The van der Waals surface area contributed by atoms with Crippen molar-refractivity contribution < 1.29 is 9.53 Å². The summed E-state index contributed by atoms with van der Waals surface area (Å²) < 4.78 is 6.18. The first kappa shape index (κ1) is 10.6. The molecule has 0 radical (unpaired) electrons. The van der Waals surface area contributed by atoms with E-state index in [0.717, 1.165) is 25.7 Å². The van der Waals surface area contributed by atoms with Gasteiger partial charge in [-0.3, -0.25) is 0 Å². The Kier molecular flexibility index (Phi) is 2.15. The zero-order valence-corrected chi connectivity index (χ0v) is 10.8. The lowest BCUT2D eigenvalue weighted by atomic mass is 9.85. The van der Waals surface area contributed by atoms with Crippen molar-refractivity contribution in [2.45, 2.75) is 64.0 Å². The number of fused-ring (bicyclic) bond motifs is 1. The molecule has 0 amide bonds. The minimum absolute atomic E-state index is 0.0749. The Morgan fingerprint density at radius 2 is 2.00 bits per heavy atom. The maximum Gasteiger partial charge on any atom is 0.184 e. The molecule has 0 aromatic heterocycles. The smallest absolute Gasteiger partial charge is 0.184 e. The van der Waals surface area contributed by atoms with Gasteiger partial charge in [0.1, 0.15) is 0 Å². The maximum atomic E-state index is 10.2. The molecule has 0 unspecified atom stereocenters. The molecule has 0 aromatic rings. The van der Waals surface area contributed by atoms with Crippen LogP contribution < -0.4 is 0 Å². The fourth-order valence-electron chi connectivity index (χ4n) is 2.86. The average molecular weight is 214 g/mol. The van der Waals surface area contributed by atoms with Crippen molar-refractivity contribution >= 4 is 8.32 Å². The second-order valence-corrected chi connectivity index (χ2v) is 10.7. The van der Waals surface area contributed by atoms with Gasteiger partial charge in [0.25, 0.3) is 0 Å². The summed E-state index contributed by atoms with van der Waals surface area (Å²) in [6, 6.07) is 0. The Bertz CT molecular complexity index is 248. The molecule has 14 heavy (non-hydrogen) atoms. The molecule has 0 bridgehead atoms. The first-order valence-corrected chi connectivity index (χ1v) is 9.08. The lowest BCUT2D eigenvalue weighted by Crippen LogP contribution is -2.42. The van der Waals surface area contributed by atoms with E-state index in [-0.39, 0.29) is 11.0 Å². The molecule has 3 heteroatoms. The van der Waals surface area contributed by atoms with Crippen molar-refractivity contribution in [3.05, 3.63) is 0 Å². The van der Waals surface area contributed by atoms with Crippen LogP contribution in [0.3, 0.4) is 0 Å². The largest absolute Gasteiger partial charge is 0.414 e. The third-order valence-electron chi connectivity index (χ3n) is 3.86. The molecule has 2 rings (SSSR count). The van der Waals surface area contributed by atoms with Crippen molar-refractivity contribution in [2.24, 2.45) is 5.41 Å². The molecule has 1 N–H and O–H groups in total. The lowest BCUT2D eigenvalue weighted by Gasteiger charge is -2.36. The van der Waals surface area contributed by atoms with Gasteiger partial charge in [0.2, 0.25) is 0 Å². The highest BCUT2D eigenvalue weighted by Crippen LogP contribution is 2.65. The molecule has 0 aliphatic heterocycles. The van der Waals surface area contributed by atoms with Crippen LogP contribution in [-0.2, 0) is 4.43 Å². The van der Waals surface area contributed by atoms with Gasteiger partial charge >= 0.3 is 0 Å². The Labute approximate surface area is 87.8 Å². The second kappa shape index (κ2) is 2.83. The zero-order valence-electron chi connectivity index (χ0n) is 9.76. The van der Waals surface area contributed by atoms with Gasteiger partial charge in [-0.05, 0) is 45.3 Å². The SMILES string of the molecule is C[C@@]12C[C@]1(O)CCC[C@@H]2O[Si](C)(C)C. The van der Waals surface area contributed by atoms with Crippen LogP contribution in [0, 0.1) is 5.41 Å². The summed E-state index contributed by atoms with van der Waals surface area (Å²) in [5.41, 5.74) is -0.304. The van der Waals surface area contributed by atoms with E-state index >= 15 is 0 Å². The minimum atomic E-state index is -1.45. The van der Waals surface area contributed by atoms with Crippen molar-refractivity contribution in [2.75, 3.05) is 0 Å². The van der Waals surface area contributed by atoms with E-state index in [0.29, 0.717) is 6.10 Å². The monoisotopic (exact) mass is 214 g/mol. The standard InChI is InChI=1S/C11H22O2Si/c1-10-8-11(10,12)7-5-6-9(10)13-14(2,3)4/h9,12H,5-8H2,1-4H3/t9-,10-,11+/m0/s1. The molecular formula is C11H22O2Si. The van der Waals surface area contributed by atoms with Gasteiger partial charge in [-0.2, -0.15) is 0 Å². The first-order chi connectivity index (χ1) is 6.27. The summed E-state index contributed by atoms with van der Waals surface area (Å²) in [6.45, 7) is 8.88. The topological polar surface area (TPSA) is 29.5 Å². The summed E-state index contributed by atoms with van der Waals surface area (Å²) in [4.78, 5) is 0. The molecule has 3 atom stereocenters. The predicted octanol–water partition coefficient (Wildman–Crippen LogP) is 2.53. The van der Waals surface area contributed by atoms with Crippen molar-refractivity contribution in [1.82, 2.24) is 0 Å². The van der Waals surface area contributed by atoms with Gasteiger partial charge in [-0.1, -0.05) is 6.92 Å². The third-order valence-corrected chi connectivity index (χ3v) is 4.85. The van der Waals surface area contributed by atoms with E-state index in [4.69, 9.17) is 4.43 Å². The van der Waals surface area contributed by atoms with E-state index in [9.17, 15) is 5.11 Å². The molecule has 0 spiro atoms. The van der Waals surface area contributed by atoms with Crippen molar-refractivity contribution in [1.29, 1.82) is 0 Å². The number of hydrogen-bond acceptors (Lipinski definition) is 2. The summed E-state index contributed by atoms with van der Waals surface area (Å²) in [6.07, 6.45) is 4.52.